The van der Waals surface area contributed by atoms with E-state index in [0.29, 0.717) is 23.4 Å². The lowest BCUT2D eigenvalue weighted by Crippen LogP contribution is -2.27. The third kappa shape index (κ3) is 3.83. The van der Waals surface area contributed by atoms with Crippen molar-refractivity contribution in [2.45, 2.75) is 17.4 Å². The molecule has 0 saturated heterocycles. The number of pyridine rings is 1. The molecule has 0 bridgehead atoms. The number of halogens is 1. The van der Waals surface area contributed by atoms with Crippen LogP contribution in [0.15, 0.2) is 94.9 Å². The molecule has 1 aliphatic heterocycles. The maximum Gasteiger partial charge on any atom is 0.279 e. The quantitative estimate of drug-likeness (QED) is 0.359. The average Bonchev–Trinajstić information content (AvgIpc) is 3.30. The summed E-state index contributed by atoms with van der Waals surface area (Å²) in [6, 6.07) is 24.5. The lowest BCUT2D eigenvalue weighted by atomic mass is 9.98. The molecule has 8 heteroatoms. The molecule has 1 aromatic heterocycles. The van der Waals surface area contributed by atoms with Crippen molar-refractivity contribution in [3.05, 3.63) is 101 Å². The summed E-state index contributed by atoms with van der Waals surface area (Å²) in [5.74, 6) is 0.622. The van der Waals surface area contributed by atoms with Crippen molar-refractivity contribution in [3.8, 4) is 5.75 Å². The number of rotatable bonds is 5. The Hall–Kier alpha value is -3.42. The summed E-state index contributed by atoms with van der Waals surface area (Å²) in [4.78, 5) is 4.67. The lowest BCUT2D eigenvalue weighted by molar-refractivity contribution is 0.371. The monoisotopic (exact) mass is 477 g/mol. The van der Waals surface area contributed by atoms with Crippen molar-refractivity contribution in [1.29, 1.82) is 0 Å². The van der Waals surface area contributed by atoms with E-state index in [0.717, 1.165) is 20.9 Å². The number of ether oxygens (including phenoxy) is 1. The molecule has 0 radical (unpaired) electrons. The predicted octanol–water partition coefficient (Wildman–Crippen LogP) is 5.44. The van der Waals surface area contributed by atoms with Crippen molar-refractivity contribution in [3.63, 3.8) is 0 Å². The molecule has 0 saturated carbocycles. The van der Waals surface area contributed by atoms with Gasteiger partial charge < -0.3 is 4.74 Å². The van der Waals surface area contributed by atoms with Gasteiger partial charge in [-0.1, -0.05) is 60.1 Å². The van der Waals surface area contributed by atoms with Gasteiger partial charge in [0.25, 0.3) is 10.0 Å². The Kier molecular flexibility index (Phi) is 5.52. The van der Waals surface area contributed by atoms with Crippen molar-refractivity contribution < 1.29 is 13.2 Å². The van der Waals surface area contributed by atoms with Gasteiger partial charge in [0.2, 0.25) is 0 Å². The van der Waals surface area contributed by atoms with Crippen LogP contribution in [0.3, 0.4) is 0 Å². The second kappa shape index (κ2) is 8.50. The largest absolute Gasteiger partial charge is 0.496 e. The molecule has 3 aromatic carbocycles. The van der Waals surface area contributed by atoms with Crippen LogP contribution >= 0.6 is 11.6 Å². The number of methoxy groups -OCH3 is 1. The van der Waals surface area contributed by atoms with E-state index in [1.807, 2.05) is 54.6 Å². The van der Waals surface area contributed by atoms with Gasteiger partial charge in [-0.05, 0) is 36.4 Å². The van der Waals surface area contributed by atoms with Gasteiger partial charge in [-0.25, -0.2) is 4.98 Å². The minimum atomic E-state index is -3.95. The minimum absolute atomic E-state index is 0.157. The maximum absolute atomic E-state index is 13.6. The summed E-state index contributed by atoms with van der Waals surface area (Å²) < 4.78 is 33.9. The van der Waals surface area contributed by atoms with E-state index in [4.69, 9.17) is 16.3 Å². The van der Waals surface area contributed by atoms with Gasteiger partial charge in [0, 0.05) is 22.9 Å². The maximum atomic E-state index is 13.6. The second-order valence-corrected chi connectivity index (χ2v) is 9.77. The summed E-state index contributed by atoms with van der Waals surface area (Å²) in [5, 5.41) is 5.72. The van der Waals surface area contributed by atoms with E-state index in [1.54, 1.807) is 37.4 Å². The molecule has 0 fully saturated rings. The number of fused-ring (bicyclic) bond motifs is 1. The number of nitrogens with zero attached hydrogens (tertiary/aromatic N) is 3. The molecule has 6 nitrogen and oxygen atoms in total. The molecule has 1 aliphatic rings. The fourth-order valence-electron chi connectivity index (χ4n) is 4.03. The number of aromatic nitrogens is 1. The zero-order chi connectivity index (χ0) is 23.0. The van der Waals surface area contributed by atoms with Crippen LogP contribution in [-0.2, 0) is 10.0 Å². The molecule has 2 heterocycles. The number of hydrogen-bond acceptors (Lipinski definition) is 5. The van der Waals surface area contributed by atoms with E-state index in [-0.39, 0.29) is 10.0 Å². The first-order chi connectivity index (χ1) is 16.0. The van der Waals surface area contributed by atoms with Crippen molar-refractivity contribution in [2.75, 3.05) is 7.11 Å². The van der Waals surface area contributed by atoms with Crippen molar-refractivity contribution in [2.24, 2.45) is 5.10 Å². The first-order valence-electron chi connectivity index (χ1n) is 10.3. The summed E-state index contributed by atoms with van der Waals surface area (Å²) in [5.41, 5.74) is 2.68. The van der Waals surface area contributed by atoms with Crippen molar-refractivity contribution >= 4 is 38.2 Å². The van der Waals surface area contributed by atoms with Crippen LogP contribution in [-0.4, -0.2) is 30.6 Å². The lowest BCUT2D eigenvalue weighted by Gasteiger charge is -2.24. The number of para-hydroxylation sites is 2. The molecule has 1 atom stereocenters. The van der Waals surface area contributed by atoms with Gasteiger partial charge in [0.15, 0.2) is 0 Å². The summed E-state index contributed by atoms with van der Waals surface area (Å²) in [7, 11) is -2.37. The first-order valence-corrected chi connectivity index (χ1v) is 12.2. The summed E-state index contributed by atoms with van der Waals surface area (Å²) in [6.45, 7) is 0. The Bertz CT molecular complexity index is 1470. The third-order valence-corrected chi connectivity index (χ3v) is 7.64. The molecule has 5 rings (SSSR count). The summed E-state index contributed by atoms with van der Waals surface area (Å²) >= 11 is 6.59. The predicted molar refractivity (Wildman–Crippen MR) is 129 cm³/mol. The van der Waals surface area contributed by atoms with Gasteiger partial charge in [-0.3, -0.25) is 0 Å². The highest BCUT2D eigenvalue weighted by Crippen LogP contribution is 2.41. The number of benzene rings is 3. The van der Waals surface area contributed by atoms with Crippen LogP contribution in [0, 0.1) is 0 Å². The molecule has 0 amide bonds. The van der Waals surface area contributed by atoms with E-state index in [9.17, 15) is 8.42 Å². The second-order valence-electron chi connectivity index (χ2n) is 7.62. The topological polar surface area (TPSA) is 71.9 Å². The van der Waals surface area contributed by atoms with Gasteiger partial charge in [-0.2, -0.15) is 17.9 Å². The van der Waals surface area contributed by atoms with E-state index in [2.05, 4.69) is 10.1 Å². The highest BCUT2D eigenvalue weighted by Gasteiger charge is 2.39. The molecule has 0 spiro atoms. The molecule has 166 valence electrons. The molecule has 33 heavy (non-hydrogen) atoms. The Balaban J connectivity index is 1.68. The van der Waals surface area contributed by atoms with Crippen molar-refractivity contribution in [1.82, 2.24) is 9.40 Å². The zero-order valence-electron chi connectivity index (χ0n) is 17.7. The Labute approximate surface area is 197 Å². The minimum Gasteiger partial charge on any atom is -0.496 e. The molecule has 4 aromatic rings. The third-order valence-electron chi connectivity index (χ3n) is 5.64. The SMILES string of the molecule is COc1ccccc1C1=NN(S(=O)(=O)c2ccccc2)[C@@H](c2cc3ccccc3nc2Cl)C1. The van der Waals surface area contributed by atoms with E-state index >= 15 is 0 Å². The van der Waals surface area contributed by atoms with Crippen LogP contribution in [0.5, 0.6) is 5.75 Å². The highest BCUT2D eigenvalue weighted by molar-refractivity contribution is 7.89. The number of hydrazone groups is 1. The van der Waals surface area contributed by atoms with Crippen LogP contribution in [0.2, 0.25) is 5.15 Å². The van der Waals surface area contributed by atoms with Gasteiger partial charge in [0.1, 0.15) is 10.9 Å². The van der Waals surface area contributed by atoms with Crippen LogP contribution in [0.25, 0.3) is 10.9 Å². The number of hydrogen-bond donors (Lipinski definition) is 0. The molecule has 0 unspecified atom stereocenters. The fourth-order valence-corrected chi connectivity index (χ4v) is 5.75. The van der Waals surface area contributed by atoms with Gasteiger partial charge in [-0.15, -0.1) is 0 Å². The smallest absolute Gasteiger partial charge is 0.279 e. The van der Waals surface area contributed by atoms with Crippen LogP contribution in [0.4, 0.5) is 0 Å². The zero-order valence-corrected chi connectivity index (χ0v) is 19.3. The van der Waals surface area contributed by atoms with E-state index in [1.165, 1.54) is 0 Å². The van der Waals surface area contributed by atoms with Crippen LogP contribution < -0.4 is 4.74 Å². The first kappa shape index (κ1) is 21.4. The number of sulfonamides is 1. The summed E-state index contributed by atoms with van der Waals surface area (Å²) in [6.07, 6.45) is 0.326. The standard InChI is InChI=1S/C25H20ClN3O3S/c1-32-24-14-8-6-12-19(24)22-16-23(20-15-17-9-5-7-13-21(17)27-25(20)26)29(28-22)33(30,31)18-10-3-2-4-11-18/h2-15,23H,16H2,1H3/t23-/m1/s1. The molecule has 0 aliphatic carbocycles. The Morgan fingerprint density at radius 2 is 1.67 bits per heavy atom. The average molecular weight is 478 g/mol. The van der Waals surface area contributed by atoms with Gasteiger partial charge in [0.05, 0.1) is 29.3 Å². The van der Waals surface area contributed by atoms with E-state index < -0.39 is 16.1 Å². The fraction of sp³-hybridized carbons (Fsp3) is 0.120. The van der Waals surface area contributed by atoms with Gasteiger partial charge >= 0.3 is 0 Å². The van der Waals surface area contributed by atoms with Crippen LogP contribution in [0.1, 0.15) is 23.6 Å². The highest BCUT2D eigenvalue weighted by atomic mass is 35.5. The normalized spacial score (nSPS) is 16.1. The Morgan fingerprint density at radius 3 is 2.45 bits per heavy atom. The Morgan fingerprint density at radius 1 is 0.970 bits per heavy atom. The molecular formula is C25H20ClN3O3S. The molecule has 0 N–H and O–H groups in total. The molecular weight excluding hydrogens is 458 g/mol.